The zero-order chi connectivity index (χ0) is 62.8. The van der Waals surface area contributed by atoms with Crippen molar-refractivity contribution in [1.29, 1.82) is 21.0 Å². The minimum atomic E-state index is 0.172. The van der Waals surface area contributed by atoms with Crippen molar-refractivity contribution in [3.05, 3.63) is 79.6 Å². The second-order valence-corrected chi connectivity index (χ2v) is 32.3. The molecule has 0 saturated heterocycles. The molecule has 0 aliphatic heterocycles. The van der Waals surface area contributed by atoms with Crippen LogP contribution >= 0.6 is 79.4 Å². The molecular weight excluding hydrogens is 1220 g/mol. The van der Waals surface area contributed by atoms with E-state index in [0.717, 1.165) is 87.1 Å². The molecule has 89 heavy (non-hydrogen) atoms. The second kappa shape index (κ2) is 34.0. The van der Waals surface area contributed by atoms with Crippen molar-refractivity contribution in [2.45, 2.75) is 248 Å². The Morgan fingerprint density at radius 3 is 1.04 bits per heavy atom. The highest BCUT2D eigenvalue weighted by Crippen LogP contribution is 2.54. The molecule has 9 aromatic heterocycles. The van der Waals surface area contributed by atoms with E-state index in [1.54, 1.807) is 22.7 Å². The zero-order valence-corrected chi connectivity index (χ0v) is 60.2. The van der Waals surface area contributed by atoms with Gasteiger partial charge in [-0.2, -0.15) is 21.0 Å². The van der Waals surface area contributed by atoms with Crippen LogP contribution in [0.1, 0.15) is 241 Å². The first-order chi connectivity index (χ1) is 43.6. The molecule has 9 aromatic rings. The molecular formula is C76H94N6S7. The third-order valence-electron chi connectivity index (χ3n) is 18.3. The predicted molar refractivity (Wildman–Crippen MR) is 396 cm³/mol. The molecule has 0 bridgehead atoms. The first-order valence-corrected chi connectivity index (χ1v) is 39.9. The lowest BCUT2D eigenvalue weighted by atomic mass is 9.99. The molecule has 9 rings (SSSR count). The zero-order valence-electron chi connectivity index (χ0n) is 54.5. The van der Waals surface area contributed by atoms with Gasteiger partial charge in [0.15, 0.2) is 0 Å². The minimum Gasteiger partial charge on any atom is -0.337 e. The highest BCUT2D eigenvalue weighted by atomic mass is 32.1. The van der Waals surface area contributed by atoms with E-state index in [9.17, 15) is 21.0 Å². The third-order valence-corrected chi connectivity index (χ3v) is 27.4. The quantitative estimate of drug-likeness (QED) is 0.0284. The van der Waals surface area contributed by atoms with Gasteiger partial charge in [0.2, 0.25) is 0 Å². The molecule has 0 N–H and O–H groups in total. The van der Waals surface area contributed by atoms with Gasteiger partial charge in [-0.25, -0.2) is 0 Å². The lowest BCUT2D eigenvalue weighted by Crippen LogP contribution is -2.12. The molecule has 2 unspecified atom stereocenters. The Bertz CT molecular complexity index is 3730. The van der Waals surface area contributed by atoms with Crippen molar-refractivity contribution in [2.75, 3.05) is 0 Å². The van der Waals surface area contributed by atoms with Crippen LogP contribution in [0.2, 0.25) is 0 Å². The molecule has 0 radical (unpaired) electrons. The summed E-state index contributed by atoms with van der Waals surface area (Å²) in [6.07, 6.45) is 36.5. The van der Waals surface area contributed by atoms with Crippen molar-refractivity contribution in [1.82, 2.24) is 9.13 Å². The highest BCUT2D eigenvalue weighted by molar-refractivity contribution is 7.36. The normalized spacial score (nSPS) is 12.4. The van der Waals surface area contributed by atoms with Gasteiger partial charge in [-0.3, -0.25) is 0 Å². The number of unbranched alkanes of at least 4 members (excludes halogenated alkanes) is 14. The number of aromatic nitrogens is 2. The maximum absolute atomic E-state index is 9.89. The van der Waals surface area contributed by atoms with Crippen LogP contribution in [0, 0.1) is 57.2 Å². The van der Waals surface area contributed by atoms with Gasteiger partial charge in [-0.05, 0) is 147 Å². The van der Waals surface area contributed by atoms with Crippen LogP contribution in [0.4, 0.5) is 0 Å². The fourth-order valence-corrected chi connectivity index (χ4v) is 22.0. The highest BCUT2D eigenvalue weighted by Gasteiger charge is 2.30. The van der Waals surface area contributed by atoms with Gasteiger partial charge in [-0.15, -0.1) is 79.4 Å². The summed E-state index contributed by atoms with van der Waals surface area (Å²) in [5, 5.41) is 39.6. The Morgan fingerprint density at radius 1 is 0.371 bits per heavy atom. The average molecular weight is 1320 g/mol. The summed E-state index contributed by atoms with van der Waals surface area (Å²) in [5.41, 5.74) is 11.4. The summed E-state index contributed by atoms with van der Waals surface area (Å²) in [5.74, 6) is 1.16. The molecule has 6 nitrogen and oxygen atoms in total. The van der Waals surface area contributed by atoms with E-state index in [1.165, 1.54) is 218 Å². The van der Waals surface area contributed by atoms with E-state index in [-0.39, 0.29) is 11.1 Å². The monoisotopic (exact) mass is 1310 g/mol. The van der Waals surface area contributed by atoms with Crippen molar-refractivity contribution < 1.29 is 0 Å². The van der Waals surface area contributed by atoms with Gasteiger partial charge in [0, 0.05) is 61.9 Å². The number of thiophene rings is 7. The van der Waals surface area contributed by atoms with Crippen LogP contribution in [-0.4, -0.2) is 9.13 Å². The van der Waals surface area contributed by atoms with E-state index in [0.29, 0.717) is 11.8 Å². The predicted octanol–water partition coefficient (Wildman–Crippen LogP) is 26.8. The Morgan fingerprint density at radius 2 is 0.708 bits per heavy atom. The van der Waals surface area contributed by atoms with Crippen LogP contribution in [0.5, 0.6) is 0 Å². The molecule has 0 aromatic carbocycles. The van der Waals surface area contributed by atoms with E-state index >= 15 is 0 Å². The summed E-state index contributed by atoms with van der Waals surface area (Å²) >= 11 is 13.5. The van der Waals surface area contributed by atoms with Gasteiger partial charge in [0.25, 0.3) is 0 Å². The Hall–Kier alpha value is -5.06. The largest absolute Gasteiger partial charge is 0.337 e. The summed E-state index contributed by atoms with van der Waals surface area (Å²) < 4.78 is 11.4. The fraction of sp³-hybridized carbons (Fsp3) is 0.526. The minimum absolute atomic E-state index is 0.172. The van der Waals surface area contributed by atoms with Gasteiger partial charge in [0.1, 0.15) is 35.4 Å². The first kappa shape index (κ1) is 68.3. The summed E-state index contributed by atoms with van der Waals surface area (Å²) in [6, 6.07) is 23.6. The fourth-order valence-electron chi connectivity index (χ4n) is 13.0. The number of hydrogen-bond acceptors (Lipinski definition) is 11. The summed E-state index contributed by atoms with van der Waals surface area (Å²) in [6.45, 7) is 20.6. The van der Waals surface area contributed by atoms with Gasteiger partial charge in [-0.1, -0.05) is 171 Å². The molecule has 0 saturated carbocycles. The molecule has 0 aliphatic carbocycles. The van der Waals surface area contributed by atoms with Crippen LogP contribution in [0.3, 0.4) is 0 Å². The number of nitriles is 4. The molecule has 9 heterocycles. The van der Waals surface area contributed by atoms with Crippen LogP contribution in [-0.2, 0) is 38.8 Å². The summed E-state index contributed by atoms with van der Waals surface area (Å²) in [7, 11) is 0. The maximum Gasteiger partial charge on any atom is 0.131 e. The van der Waals surface area contributed by atoms with Crippen LogP contribution in [0.25, 0.3) is 92.0 Å². The second-order valence-electron chi connectivity index (χ2n) is 24.9. The van der Waals surface area contributed by atoms with Gasteiger partial charge in [0.05, 0.1) is 40.9 Å². The number of allylic oxidation sites excluding steroid dienone is 2. The molecule has 0 spiro atoms. The molecule has 13 heteroatoms. The van der Waals surface area contributed by atoms with Gasteiger partial charge < -0.3 is 9.13 Å². The number of aryl methyl sites for hydroxylation is 4. The lowest BCUT2D eigenvalue weighted by molar-refractivity contribution is 0.398. The summed E-state index contributed by atoms with van der Waals surface area (Å²) in [4.78, 5) is 12.8. The van der Waals surface area contributed by atoms with Crippen molar-refractivity contribution in [2.24, 2.45) is 11.8 Å². The van der Waals surface area contributed by atoms with Crippen molar-refractivity contribution in [3.8, 4) is 63.3 Å². The van der Waals surface area contributed by atoms with E-state index in [1.807, 2.05) is 57.5 Å². The molecule has 0 amide bonds. The lowest BCUT2D eigenvalue weighted by Gasteiger charge is -2.19. The number of rotatable bonds is 38. The molecule has 2 atom stereocenters. The SMILES string of the molecule is CCCCCCc1cc(-c2sc(-c3cc4c(s3)c3sc5c6sc(-c7cc(CCCCCC)c(-c8cc(CCCCCC)c(C=C(C#N)C#N)s8)s7)cc6n(CC(CC)CCCC)c5c3n4CC(CC)CCCC)cc2CCCCCC)sc1C=C(C#N)C#N. The molecule has 470 valence electrons. The average Bonchev–Trinajstić information content (AvgIpc) is 1.53. The number of fused-ring (bicyclic) bond motifs is 7. The van der Waals surface area contributed by atoms with E-state index < -0.39 is 0 Å². The third kappa shape index (κ3) is 16.2. The number of nitrogens with zero attached hydrogens (tertiary/aromatic N) is 6. The first-order valence-electron chi connectivity index (χ1n) is 34.2. The Balaban J connectivity index is 1.22. The van der Waals surface area contributed by atoms with Crippen molar-refractivity contribution >= 4 is 132 Å². The Kier molecular flexibility index (Phi) is 26.1. The van der Waals surface area contributed by atoms with Gasteiger partial charge >= 0.3 is 0 Å². The van der Waals surface area contributed by atoms with E-state index in [2.05, 4.69) is 137 Å². The van der Waals surface area contributed by atoms with Crippen LogP contribution < -0.4 is 0 Å². The Labute approximate surface area is 560 Å². The smallest absolute Gasteiger partial charge is 0.131 e. The van der Waals surface area contributed by atoms with Crippen molar-refractivity contribution in [3.63, 3.8) is 0 Å². The number of hydrogen-bond donors (Lipinski definition) is 0. The topological polar surface area (TPSA) is 105 Å². The van der Waals surface area contributed by atoms with Crippen LogP contribution in [0.15, 0.2) is 47.5 Å². The maximum atomic E-state index is 9.89. The standard InChI is InChI=1S/C76H94N6S7/c1-9-17-23-27-33-55-39-67(83-61(55)37-53(45-77)46-78)71-57(35-29-25-19-11-3)41-63(85-71)65-43-59-73(87-65)75-69(81(59)49-51(15-7)31-21-13-5)70-76(89-75)74-60(82(70)50-52(16-8)32-22-14-6)44-66(88-74)64-42-58(36-30-26-20-12-4)72(86-64)68-40-56(34-28-24-18-10-2)62(84-68)38-54(47-79)48-80/h37-44,51-52H,9-36,49-50H2,1-8H3. The van der Waals surface area contributed by atoms with E-state index in [4.69, 9.17) is 0 Å². The molecule has 0 aliphatic rings. The molecule has 0 fully saturated rings.